The Balaban J connectivity index is 2.62. The summed E-state index contributed by atoms with van der Waals surface area (Å²) < 4.78 is 6.80. The van der Waals surface area contributed by atoms with Gasteiger partial charge >= 0.3 is 0 Å². The number of benzene rings is 1. The predicted octanol–water partition coefficient (Wildman–Crippen LogP) is 3.12. The first-order valence-electron chi connectivity index (χ1n) is 5.04. The first-order chi connectivity index (χ1) is 6.94. The Bertz CT molecular complexity index is 336. The summed E-state index contributed by atoms with van der Waals surface area (Å²) in [5.41, 5.74) is 6.84. The normalized spacial score (nSPS) is 11.5. The zero-order valence-electron chi connectivity index (χ0n) is 9.51. The predicted molar refractivity (Wildman–Crippen MR) is 67.2 cm³/mol. The summed E-state index contributed by atoms with van der Waals surface area (Å²) in [6.45, 7) is 7.51. The largest absolute Gasteiger partial charge is 0.493 e. The van der Waals surface area contributed by atoms with E-state index >= 15 is 0 Å². The lowest BCUT2D eigenvalue weighted by atomic mass is 9.95. The molecule has 3 heteroatoms. The summed E-state index contributed by atoms with van der Waals surface area (Å²) >= 11 is 3.46. The molecule has 0 aliphatic carbocycles. The minimum Gasteiger partial charge on any atom is -0.493 e. The Morgan fingerprint density at radius 2 is 2.07 bits per heavy atom. The van der Waals surface area contributed by atoms with Gasteiger partial charge in [-0.15, -0.1) is 0 Å². The van der Waals surface area contributed by atoms with Crippen molar-refractivity contribution >= 4 is 15.9 Å². The minimum atomic E-state index is 0.0287. The molecule has 15 heavy (non-hydrogen) atoms. The van der Waals surface area contributed by atoms with Crippen molar-refractivity contribution < 1.29 is 4.74 Å². The van der Waals surface area contributed by atoms with Gasteiger partial charge in [-0.2, -0.15) is 0 Å². The van der Waals surface area contributed by atoms with Gasteiger partial charge in [0, 0.05) is 16.4 Å². The van der Waals surface area contributed by atoms with E-state index in [0.29, 0.717) is 13.2 Å². The average molecular weight is 272 g/mol. The fraction of sp³-hybridized carbons (Fsp3) is 0.500. The van der Waals surface area contributed by atoms with Gasteiger partial charge in [-0.25, -0.2) is 0 Å². The van der Waals surface area contributed by atoms with Crippen LogP contribution in [-0.4, -0.2) is 13.2 Å². The molecule has 0 saturated carbocycles. The molecule has 0 aliphatic heterocycles. The Kier molecular flexibility index (Phi) is 4.17. The van der Waals surface area contributed by atoms with Gasteiger partial charge in [0.25, 0.3) is 0 Å². The zero-order chi connectivity index (χ0) is 11.5. The molecule has 0 aromatic heterocycles. The van der Waals surface area contributed by atoms with E-state index in [0.717, 1.165) is 10.2 Å². The maximum absolute atomic E-state index is 5.70. The lowest BCUT2D eigenvalue weighted by Crippen LogP contribution is -2.30. The zero-order valence-corrected chi connectivity index (χ0v) is 11.1. The van der Waals surface area contributed by atoms with Crippen molar-refractivity contribution in [2.45, 2.75) is 20.8 Å². The second-order valence-corrected chi connectivity index (χ2v) is 5.42. The van der Waals surface area contributed by atoms with Crippen molar-refractivity contribution in [1.29, 1.82) is 0 Å². The van der Waals surface area contributed by atoms with Gasteiger partial charge in [0.1, 0.15) is 5.75 Å². The van der Waals surface area contributed by atoms with Crippen LogP contribution in [0.4, 0.5) is 0 Å². The fourth-order valence-electron chi connectivity index (χ4n) is 1.04. The summed E-state index contributed by atoms with van der Waals surface area (Å²) in [6, 6.07) is 5.99. The van der Waals surface area contributed by atoms with E-state index in [1.807, 2.05) is 25.1 Å². The quantitative estimate of drug-likeness (QED) is 0.914. The first kappa shape index (κ1) is 12.5. The maximum Gasteiger partial charge on any atom is 0.119 e. The number of rotatable bonds is 4. The number of hydrogen-bond acceptors (Lipinski definition) is 2. The highest BCUT2D eigenvalue weighted by molar-refractivity contribution is 9.10. The van der Waals surface area contributed by atoms with Crippen molar-refractivity contribution in [1.82, 2.24) is 0 Å². The van der Waals surface area contributed by atoms with Crippen LogP contribution in [0.5, 0.6) is 5.75 Å². The van der Waals surface area contributed by atoms with E-state index < -0.39 is 0 Å². The highest BCUT2D eigenvalue weighted by Crippen LogP contribution is 2.23. The van der Waals surface area contributed by atoms with E-state index in [9.17, 15) is 0 Å². The molecule has 0 atom stereocenters. The summed E-state index contributed by atoms with van der Waals surface area (Å²) in [5.74, 6) is 0.900. The van der Waals surface area contributed by atoms with Crippen LogP contribution < -0.4 is 10.5 Å². The number of aryl methyl sites for hydroxylation is 1. The van der Waals surface area contributed by atoms with Gasteiger partial charge in [-0.3, -0.25) is 0 Å². The molecule has 0 fully saturated rings. The van der Waals surface area contributed by atoms with Gasteiger partial charge in [-0.05, 0) is 30.7 Å². The fourth-order valence-corrected chi connectivity index (χ4v) is 1.29. The van der Waals surface area contributed by atoms with Crippen LogP contribution in [0.1, 0.15) is 19.4 Å². The van der Waals surface area contributed by atoms with Crippen LogP contribution in [0.15, 0.2) is 22.7 Å². The van der Waals surface area contributed by atoms with Crippen molar-refractivity contribution in [2.24, 2.45) is 11.1 Å². The number of hydrogen-bond donors (Lipinski definition) is 1. The Labute approximate surface area is 99.9 Å². The average Bonchev–Trinajstić information content (AvgIpc) is 2.20. The third-order valence-corrected chi connectivity index (χ3v) is 3.20. The molecule has 2 N–H and O–H groups in total. The first-order valence-corrected chi connectivity index (χ1v) is 5.83. The number of ether oxygens (including phenoxy) is 1. The lowest BCUT2D eigenvalue weighted by molar-refractivity contribution is 0.187. The van der Waals surface area contributed by atoms with Gasteiger partial charge < -0.3 is 10.5 Å². The molecule has 1 aromatic carbocycles. The van der Waals surface area contributed by atoms with Gasteiger partial charge in [-0.1, -0.05) is 29.8 Å². The van der Waals surface area contributed by atoms with Crippen molar-refractivity contribution in [3.8, 4) is 5.75 Å². The van der Waals surface area contributed by atoms with Gasteiger partial charge in [0.2, 0.25) is 0 Å². The molecule has 0 radical (unpaired) electrons. The molecule has 84 valence electrons. The molecule has 0 bridgehead atoms. The molecule has 0 heterocycles. The molecule has 2 nitrogen and oxygen atoms in total. The topological polar surface area (TPSA) is 35.2 Å². The molecule has 0 aliphatic rings. The second kappa shape index (κ2) is 4.99. The van der Waals surface area contributed by atoms with Crippen LogP contribution in [0.2, 0.25) is 0 Å². The summed E-state index contributed by atoms with van der Waals surface area (Å²) in [6.07, 6.45) is 0. The van der Waals surface area contributed by atoms with Crippen LogP contribution in [0.25, 0.3) is 0 Å². The van der Waals surface area contributed by atoms with E-state index in [1.54, 1.807) is 0 Å². The molecule has 1 aromatic rings. The molecular weight excluding hydrogens is 254 g/mol. The lowest BCUT2D eigenvalue weighted by Gasteiger charge is -2.22. The highest BCUT2D eigenvalue weighted by atomic mass is 79.9. The highest BCUT2D eigenvalue weighted by Gasteiger charge is 2.16. The van der Waals surface area contributed by atoms with Crippen LogP contribution >= 0.6 is 15.9 Å². The van der Waals surface area contributed by atoms with Crippen LogP contribution in [0, 0.1) is 12.3 Å². The molecule has 1 rings (SSSR count). The number of halogens is 1. The third-order valence-electron chi connectivity index (χ3n) is 2.31. The van der Waals surface area contributed by atoms with Crippen molar-refractivity contribution in [3.05, 3.63) is 28.2 Å². The molecule has 0 spiro atoms. The molecule has 0 saturated heterocycles. The Morgan fingerprint density at radius 3 is 2.60 bits per heavy atom. The van der Waals surface area contributed by atoms with Crippen LogP contribution in [-0.2, 0) is 0 Å². The maximum atomic E-state index is 5.70. The second-order valence-electron chi connectivity index (χ2n) is 4.57. The van der Waals surface area contributed by atoms with E-state index in [4.69, 9.17) is 10.5 Å². The van der Waals surface area contributed by atoms with E-state index in [-0.39, 0.29) is 5.41 Å². The van der Waals surface area contributed by atoms with Crippen molar-refractivity contribution in [3.63, 3.8) is 0 Å². The smallest absolute Gasteiger partial charge is 0.119 e. The van der Waals surface area contributed by atoms with Gasteiger partial charge in [0.15, 0.2) is 0 Å². The van der Waals surface area contributed by atoms with Crippen molar-refractivity contribution in [2.75, 3.05) is 13.2 Å². The standard InChI is InChI=1S/C12H18BrNO/c1-9-6-10(4-5-11(9)13)15-8-12(2,3)7-14/h4-6H,7-8,14H2,1-3H3. The minimum absolute atomic E-state index is 0.0287. The Morgan fingerprint density at radius 1 is 1.40 bits per heavy atom. The van der Waals surface area contributed by atoms with Gasteiger partial charge in [0.05, 0.1) is 6.61 Å². The Hall–Kier alpha value is -0.540. The SMILES string of the molecule is Cc1cc(OCC(C)(C)CN)ccc1Br. The summed E-state index contributed by atoms with van der Waals surface area (Å²) in [7, 11) is 0. The third kappa shape index (κ3) is 3.84. The summed E-state index contributed by atoms with van der Waals surface area (Å²) in [4.78, 5) is 0. The molecular formula is C12H18BrNO. The summed E-state index contributed by atoms with van der Waals surface area (Å²) in [5, 5.41) is 0. The monoisotopic (exact) mass is 271 g/mol. The van der Waals surface area contributed by atoms with Crippen LogP contribution in [0.3, 0.4) is 0 Å². The molecule has 0 amide bonds. The number of nitrogens with two attached hydrogens (primary N) is 1. The molecule has 0 unspecified atom stereocenters. The van der Waals surface area contributed by atoms with E-state index in [2.05, 4.69) is 29.8 Å². The van der Waals surface area contributed by atoms with E-state index in [1.165, 1.54) is 5.56 Å².